The number of halogens is 2. The van der Waals surface area contributed by atoms with Crippen LogP contribution in [0, 0.1) is 11.3 Å². The number of amides is 1. The number of anilines is 2. The molecule has 0 spiro atoms. The van der Waals surface area contributed by atoms with Gasteiger partial charge in [0, 0.05) is 69.1 Å². The molecule has 2 aromatic carbocycles. The lowest BCUT2D eigenvalue weighted by Crippen LogP contribution is -2.55. The van der Waals surface area contributed by atoms with E-state index in [-0.39, 0.29) is 13.0 Å². The van der Waals surface area contributed by atoms with E-state index in [0.717, 1.165) is 72.7 Å². The van der Waals surface area contributed by atoms with Crippen molar-refractivity contribution in [3.05, 3.63) is 65.1 Å². The fourth-order valence-electron chi connectivity index (χ4n) is 6.50. The lowest BCUT2D eigenvalue weighted by atomic mass is 10.0. The standard InChI is InChI=1S/C33H37ClFN7O3/c1-23(35)32(43)42-15-14-41(21-25(42)9-11-36)31-26-10-13-40(29-8-3-6-24-5-2-7-27(34)30(24)29)22-28(26)37-33(38-31)45-20-17-39-12-4-18-44-19-16-39/h2-3,5-8,25H,1,4,9-10,12-22H2/t25-/m0/s1. The number of carbonyl (C=O) groups excluding carboxylic acids is 1. The Kier molecular flexibility index (Phi) is 9.64. The number of benzene rings is 2. The van der Waals surface area contributed by atoms with Crippen molar-refractivity contribution in [2.45, 2.75) is 31.8 Å². The molecule has 1 atom stereocenters. The average Bonchev–Trinajstić information content (AvgIpc) is 3.33. The summed E-state index contributed by atoms with van der Waals surface area (Å²) >= 11 is 6.69. The van der Waals surface area contributed by atoms with Crippen LogP contribution in [0.1, 0.15) is 24.1 Å². The number of piperazine rings is 1. The summed E-state index contributed by atoms with van der Waals surface area (Å²) in [6.45, 7) is 9.93. The third kappa shape index (κ3) is 6.83. The first-order chi connectivity index (χ1) is 21.9. The minimum atomic E-state index is -1.02. The maximum Gasteiger partial charge on any atom is 0.318 e. The van der Waals surface area contributed by atoms with Crippen LogP contribution in [0.5, 0.6) is 6.01 Å². The Morgan fingerprint density at radius 3 is 2.78 bits per heavy atom. The van der Waals surface area contributed by atoms with Gasteiger partial charge in [-0.05, 0) is 30.4 Å². The topological polar surface area (TPSA) is 98.1 Å². The number of hydrogen-bond donors (Lipinski definition) is 0. The van der Waals surface area contributed by atoms with E-state index in [4.69, 9.17) is 31.0 Å². The molecule has 45 heavy (non-hydrogen) atoms. The lowest BCUT2D eigenvalue weighted by Gasteiger charge is -2.42. The van der Waals surface area contributed by atoms with E-state index in [2.05, 4.69) is 45.5 Å². The summed E-state index contributed by atoms with van der Waals surface area (Å²) in [4.78, 5) is 30.4. The third-order valence-electron chi connectivity index (χ3n) is 8.75. The first-order valence-corrected chi connectivity index (χ1v) is 15.8. The minimum absolute atomic E-state index is 0.0708. The summed E-state index contributed by atoms with van der Waals surface area (Å²) in [6, 6.07) is 14.1. The van der Waals surface area contributed by atoms with E-state index >= 15 is 0 Å². The molecule has 3 aliphatic heterocycles. The smallest absolute Gasteiger partial charge is 0.318 e. The van der Waals surface area contributed by atoms with E-state index in [1.807, 2.05) is 18.2 Å². The van der Waals surface area contributed by atoms with E-state index < -0.39 is 17.8 Å². The summed E-state index contributed by atoms with van der Waals surface area (Å²) in [6.07, 6.45) is 1.74. The molecule has 2 saturated heterocycles. The molecule has 1 amide bonds. The monoisotopic (exact) mass is 633 g/mol. The molecule has 10 nitrogen and oxygen atoms in total. The summed E-state index contributed by atoms with van der Waals surface area (Å²) in [5.41, 5.74) is 2.92. The van der Waals surface area contributed by atoms with E-state index in [1.54, 1.807) is 0 Å². The molecule has 0 N–H and O–H groups in total. The Bertz CT molecular complexity index is 1600. The number of nitriles is 1. The quantitative estimate of drug-likeness (QED) is 0.335. The van der Waals surface area contributed by atoms with Gasteiger partial charge in [-0.2, -0.15) is 15.2 Å². The van der Waals surface area contributed by atoms with Crippen LogP contribution in [0.15, 0.2) is 48.8 Å². The second-order valence-corrected chi connectivity index (χ2v) is 12.0. The molecule has 3 aromatic rings. The highest BCUT2D eigenvalue weighted by molar-refractivity contribution is 6.36. The molecule has 0 unspecified atom stereocenters. The highest BCUT2D eigenvalue weighted by atomic mass is 35.5. The van der Waals surface area contributed by atoms with Crippen LogP contribution in [-0.2, 0) is 22.5 Å². The van der Waals surface area contributed by atoms with Gasteiger partial charge in [-0.15, -0.1) is 0 Å². The van der Waals surface area contributed by atoms with E-state index in [9.17, 15) is 14.4 Å². The molecule has 0 aliphatic carbocycles. The largest absolute Gasteiger partial charge is 0.462 e. The maximum absolute atomic E-state index is 13.8. The number of fused-ring (bicyclic) bond motifs is 2. The second kappa shape index (κ2) is 14.0. The minimum Gasteiger partial charge on any atom is -0.462 e. The predicted molar refractivity (Wildman–Crippen MR) is 171 cm³/mol. The SMILES string of the molecule is C=C(F)C(=O)N1CCN(c2nc(OCCN3CCCOCC3)nc3c2CCN(c2cccc4cccc(Cl)c24)C3)C[C@@H]1CC#N. The fourth-order valence-corrected chi connectivity index (χ4v) is 6.78. The Morgan fingerprint density at radius 1 is 1.11 bits per heavy atom. The van der Waals surface area contributed by atoms with Gasteiger partial charge in [0.1, 0.15) is 12.4 Å². The van der Waals surface area contributed by atoms with Crippen LogP contribution < -0.4 is 14.5 Å². The van der Waals surface area contributed by atoms with Gasteiger partial charge in [0.15, 0.2) is 5.83 Å². The number of carbonyl (C=O) groups is 1. The zero-order valence-electron chi connectivity index (χ0n) is 25.3. The van der Waals surface area contributed by atoms with Gasteiger partial charge in [0.25, 0.3) is 5.91 Å². The van der Waals surface area contributed by atoms with Gasteiger partial charge in [-0.3, -0.25) is 9.69 Å². The molecular formula is C33H37ClFN7O3. The molecule has 0 radical (unpaired) electrons. The summed E-state index contributed by atoms with van der Waals surface area (Å²) in [5, 5.41) is 12.3. The first kappa shape index (κ1) is 31.0. The van der Waals surface area contributed by atoms with Crippen molar-refractivity contribution in [2.24, 2.45) is 0 Å². The highest BCUT2D eigenvalue weighted by Crippen LogP contribution is 2.37. The summed E-state index contributed by atoms with van der Waals surface area (Å²) in [5.74, 6) is -1.05. The number of rotatable bonds is 8. The predicted octanol–water partition coefficient (Wildman–Crippen LogP) is 4.36. The van der Waals surface area contributed by atoms with Crippen molar-refractivity contribution >= 4 is 39.8 Å². The van der Waals surface area contributed by atoms with Gasteiger partial charge in [-0.25, -0.2) is 4.39 Å². The highest BCUT2D eigenvalue weighted by Gasteiger charge is 2.35. The van der Waals surface area contributed by atoms with Crippen molar-refractivity contribution < 1.29 is 18.7 Å². The van der Waals surface area contributed by atoms with Crippen molar-refractivity contribution in [2.75, 3.05) is 75.4 Å². The van der Waals surface area contributed by atoms with Gasteiger partial charge in [-0.1, -0.05) is 42.4 Å². The Hall–Kier alpha value is -3.98. The number of hydrogen-bond acceptors (Lipinski definition) is 9. The zero-order chi connectivity index (χ0) is 31.3. The Labute approximate surface area is 267 Å². The van der Waals surface area contributed by atoms with Crippen LogP contribution >= 0.6 is 11.6 Å². The van der Waals surface area contributed by atoms with Gasteiger partial charge in [0.05, 0.1) is 42.4 Å². The summed E-state index contributed by atoms with van der Waals surface area (Å²) in [7, 11) is 0. The van der Waals surface area contributed by atoms with Crippen molar-refractivity contribution in [1.82, 2.24) is 19.8 Å². The molecule has 3 aliphatic rings. The fraction of sp³-hybridized carbons (Fsp3) is 0.455. The average molecular weight is 634 g/mol. The van der Waals surface area contributed by atoms with Crippen LogP contribution in [0.25, 0.3) is 10.8 Å². The van der Waals surface area contributed by atoms with Gasteiger partial charge >= 0.3 is 6.01 Å². The zero-order valence-corrected chi connectivity index (χ0v) is 26.0. The van der Waals surface area contributed by atoms with Crippen molar-refractivity contribution in [3.63, 3.8) is 0 Å². The molecule has 0 saturated carbocycles. The van der Waals surface area contributed by atoms with E-state index in [0.29, 0.717) is 50.3 Å². The molecular weight excluding hydrogens is 597 g/mol. The normalized spacial score (nSPS) is 19.1. The molecule has 0 bridgehead atoms. The van der Waals surface area contributed by atoms with Crippen LogP contribution in [0.2, 0.25) is 5.02 Å². The van der Waals surface area contributed by atoms with Gasteiger partial charge < -0.3 is 24.2 Å². The van der Waals surface area contributed by atoms with Gasteiger partial charge in [0.2, 0.25) is 0 Å². The van der Waals surface area contributed by atoms with Crippen LogP contribution in [-0.4, -0.2) is 97.4 Å². The number of ether oxygens (including phenoxy) is 2. The molecule has 1 aromatic heterocycles. The number of aromatic nitrogens is 2. The van der Waals surface area contributed by atoms with Crippen LogP contribution in [0.3, 0.4) is 0 Å². The van der Waals surface area contributed by atoms with Crippen LogP contribution in [0.4, 0.5) is 15.9 Å². The first-order valence-electron chi connectivity index (χ1n) is 15.4. The molecule has 12 heteroatoms. The molecule has 236 valence electrons. The third-order valence-corrected chi connectivity index (χ3v) is 9.07. The second-order valence-electron chi connectivity index (χ2n) is 11.6. The molecule has 4 heterocycles. The Balaban J connectivity index is 1.30. The summed E-state index contributed by atoms with van der Waals surface area (Å²) < 4.78 is 25.6. The van der Waals surface area contributed by atoms with Crippen molar-refractivity contribution in [1.29, 1.82) is 5.26 Å². The maximum atomic E-state index is 13.8. The van der Waals surface area contributed by atoms with Crippen molar-refractivity contribution in [3.8, 4) is 12.1 Å². The van der Waals surface area contributed by atoms with E-state index in [1.165, 1.54) is 4.90 Å². The lowest BCUT2D eigenvalue weighted by molar-refractivity contribution is -0.131. The molecule has 2 fully saturated rings. The number of nitrogens with zero attached hydrogens (tertiary/aromatic N) is 7. The molecule has 6 rings (SSSR count). The Morgan fingerprint density at radius 2 is 1.96 bits per heavy atom.